The van der Waals surface area contributed by atoms with Crippen LogP contribution >= 0.6 is 0 Å². The van der Waals surface area contributed by atoms with E-state index < -0.39 is 0 Å². The molecule has 1 aliphatic heterocycles. The quantitative estimate of drug-likeness (QED) is 0.868. The molecule has 0 bridgehead atoms. The average Bonchev–Trinajstić information content (AvgIpc) is 3.17. The average molecular weight is 288 g/mol. The molecule has 0 unspecified atom stereocenters. The summed E-state index contributed by atoms with van der Waals surface area (Å²) in [5.41, 5.74) is 0.779. The predicted octanol–water partition coefficient (Wildman–Crippen LogP) is 3.04. The molecular formula is C16H17FN2O2. The number of carbonyl (C=O) groups excluding carboxylic acids is 1. The maximum Gasteiger partial charge on any atom is 0.223 e. The van der Waals surface area contributed by atoms with E-state index in [2.05, 4.69) is 4.98 Å². The van der Waals surface area contributed by atoms with E-state index >= 15 is 0 Å². The molecule has 2 heterocycles. The van der Waals surface area contributed by atoms with E-state index in [1.54, 1.807) is 18.3 Å². The lowest BCUT2D eigenvalue weighted by Gasteiger charge is -2.14. The first-order valence-corrected chi connectivity index (χ1v) is 7.21. The number of benzene rings is 1. The van der Waals surface area contributed by atoms with Gasteiger partial charge in [0.1, 0.15) is 5.82 Å². The highest BCUT2D eigenvalue weighted by molar-refractivity contribution is 5.76. The SMILES string of the molecule is O=C(CCc1ncc(-c2ccc(F)cc2)o1)N1CCCC1. The van der Waals surface area contributed by atoms with E-state index in [4.69, 9.17) is 4.42 Å². The van der Waals surface area contributed by atoms with E-state index in [1.165, 1.54) is 12.1 Å². The van der Waals surface area contributed by atoms with Gasteiger partial charge in [0.2, 0.25) is 5.91 Å². The van der Waals surface area contributed by atoms with E-state index in [0.717, 1.165) is 31.5 Å². The third-order valence-corrected chi connectivity index (χ3v) is 3.69. The van der Waals surface area contributed by atoms with Crippen LogP contribution in [0.1, 0.15) is 25.2 Å². The maximum absolute atomic E-state index is 12.9. The van der Waals surface area contributed by atoms with Crippen molar-refractivity contribution in [2.45, 2.75) is 25.7 Å². The van der Waals surface area contributed by atoms with Crippen molar-refractivity contribution in [2.75, 3.05) is 13.1 Å². The van der Waals surface area contributed by atoms with Crippen molar-refractivity contribution >= 4 is 5.91 Å². The molecule has 1 saturated heterocycles. The van der Waals surface area contributed by atoms with Crippen LogP contribution in [0.5, 0.6) is 0 Å². The van der Waals surface area contributed by atoms with Crippen LogP contribution in [-0.2, 0) is 11.2 Å². The lowest BCUT2D eigenvalue weighted by Crippen LogP contribution is -2.27. The molecule has 0 saturated carbocycles. The summed E-state index contributed by atoms with van der Waals surface area (Å²) in [5.74, 6) is 1.02. The molecule has 21 heavy (non-hydrogen) atoms. The second kappa shape index (κ2) is 6.08. The number of oxazole rings is 1. The van der Waals surface area contributed by atoms with E-state index in [1.807, 2.05) is 4.90 Å². The molecule has 1 fully saturated rings. The molecule has 0 aliphatic carbocycles. The monoisotopic (exact) mass is 288 g/mol. The molecule has 5 heteroatoms. The minimum atomic E-state index is -0.283. The number of likely N-dealkylation sites (tertiary alicyclic amines) is 1. The Bertz CT molecular complexity index is 615. The molecule has 4 nitrogen and oxygen atoms in total. The highest BCUT2D eigenvalue weighted by Crippen LogP contribution is 2.21. The molecule has 1 aromatic carbocycles. The first kappa shape index (κ1) is 13.8. The molecule has 1 aliphatic rings. The lowest BCUT2D eigenvalue weighted by molar-refractivity contribution is -0.130. The van der Waals surface area contributed by atoms with Crippen molar-refractivity contribution in [1.82, 2.24) is 9.88 Å². The zero-order valence-electron chi connectivity index (χ0n) is 11.7. The fourth-order valence-electron chi connectivity index (χ4n) is 2.51. The number of carbonyl (C=O) groups is 1. The Morgan fingerprint density at radius 2 is 1.95 bits per heavy atom. The Hall–Kier alpha value is -2.17. The zero-order chi connectivity index (χ0) is 14.7. The zero-order valence-corrected chi connectivity index (χ0v) is 11.7. The predicted molar refractivity (Wildman–Crippen MR) is 76.0 cm³/mol. The summed E-state index contributed by atoms with van der Waals surface area (Å²) in [4.78, 5) is 18.0. The molecule has 1 amide bonds. The number of hydrogen-bond acceptors (Lipinski definition) is 3. The smallest absolute Gasteiger partial charge is 0.223 e. The first-order chi connectivity index (χ1) is 10.2. The molecule has 1 aromatic heterocycles. The molecule has 3 rings (SSSR count). The van der Waals surface area contributed by atoms with Gasteiger partial charge >= 0.3 is 0 Å². The van der Waals surface area contributed by atoms with Crippen molar-refractivity contribution < 1.29 is 13.6 Å². The van der Waals surface area contributed by atoms with Gasteiger partial charge < -0.3 is 9.32 Å². The summed E-state index contributed by atoms with van der Waals surface area (Å²) in [7, 11) is 0. The van der Waals surface area contributed by atoms with Crippen LogP contribution in [0.3, 0.4) is 0 Å². The molecule has 0 spiro atoms. The number of amides is 1. The van der Waals surface area contributed by atoms with Gasteiger partial charge in [0.05, 0.1) is 6.20 Å². The number of rotatable bonds is 4. The largest absolute Gasteiger partial charge is 0.441 e. The Morgan fingerprint density at radius 3 is 2.67 bits per heavy atom. The molecule has 0 N–H and O–H groups in total. The third kappa shape index (κ3) is 3.29. The Kier molecular flexibility index (Phi) is 3.99. The van der Waals surface area contributed by atoms with Gasteiger partial charge in [0.25, 0.3) is 0 Å². The van der Waals surface area contributed by atoms with Gasteiger partial charge in [0.15, 0.2) is 11.7 Å². The van der Waals surface area contributed by atoms with Crippen LogP contribution in [0.2, 0.25) is 0 Å². The van der Waals surface area contributed by atoms with Crippen molar-refractivity contribution in [3.8, 4) is 11.3 Å². The summed E-state index contributed by atoms with van der Waals surface area (Å²) >= 11 is 0. The van der Waals surface area contributed by atoms with Gasteiger partial charge in [-0.1, -0.05) is 0 Å². The third-order valence-electron chi connectivity index (χ3n) is 3.69. The van der Waals surface area contributed by atoms with Crippen LogP contribution in [0.15, 0.2) is 34.9 Å². The van der Waals surface area contributed by atoms with Crippen molar-refractivity contribution in [2.24, 2.45) is 0 Å². The van der Waals surface area contributed by atoms with Gasteiger partial charge in [-0.15, -0.1) is 0 Å². The number of aromatic nitrogens is 1. The summed E-state index contributed by atoms with van der Waals surface area (Å²) in [6, 6.07) is 6.06. The summed E-state index contributed by atoms with van der Waals surface area (Å²) in [5, 5.41) is 0. The van der Waals surface area contributed by atoms with Crippen LogP contribution in [0.25, 0.3) is 11.3 Å². The molecule has 0 radical (unpaired) electrons. The highest BCUT2D eigenvalue weighted by atomic mass is 19.1. The van der Waals surface area contributed by atoms with Crippen LogP contribution in [0, 0.1) is 5.82 Å². The standard InChI is InChI=1S/C16H17FN2O2/c17-13-5-3-12(4-6-13)14-11-18-15(21-14)7-8-16(20)19-9-1-2-10-19/h3-6,11H,1-2,7-10H2. The maximum atomic E-state index is 12.9. The minimum Gasteiger partial charge on any atom is -0.441 e. The van der Waals surface area contributed by atoms with Crippen molar-refractivity contribution in [3.05, 3.63) is 42.2 Å². The van der Waals surface area contributed by atoms with Gasteiger partial charge in [-0.05, 0) is 37.1 Å². The van der Waals surface area contributed by atoms with Crippen LogP contribution in [-0.4, -0.2) is 28.9 Å². The highest BCUT2D eigenvalue weighted by Gasteiger charge is 2.18. The van der Waals surface area contributed by atoms with Gasteiger partial charge in [-0.3, -0.25) is 4.79 Å². The topological polar surface area (TPSA) is 46.3 Å². The normalized spacial score (nSPS) is 14.6. The Balaban J connectivity index is 1.60. The summed E-state index contributed by atoms with van der Waals surface area (Å²) < 4.78 is 18.5. The van der Waals surface area contributed by atoms with Crippen LogP contribution < -0.4 is 0 Å². The fraction of sp³-hybridized carbons (Fsp3) is 0.375. The second-order valence-corrected chi connectivity index (χ2v) is 5.21. The Morgan fingerprint density at radius 1 is 1.24 bits per heavy atom. The van der Waals surface area contributed by atoms with Gasteiger partial charge in [0, 0.05) is 31.5 Å². The summed E-state index contributed by atoms with van der Waals surface area (Å²) in [6.07, 6.45) is 4.72. The van der Waals surface area contributed by atoms with Crippen molar-refractivity contribution in [1.29, 1.82) is 0 Å². The second-order valence-electron chi connectivity index (χ2n) is 5.21. The summed E-state index contributed by atoms with van der Waals surface area (Å²) in [6.45, 7) is 1.73. The van der Waals surface area contributed by atoms with Gasteiger partial charge in [-0.25, -0.2) is 9.37 Å². The minimum absolute atomic E-state index is 0.161. The number of halogens is 1. The molecule has 110 valence electrons. The van der Waals surface area contributed by atoms with E-state index in [-0.39, 0.29) is 11.7 Å². The first-order valence-electron chi connectivity index (χ1n) is 7.21. The number of hydrogen-bond donors (Lipinski definition) is 0. The molecule has 0 atom stereocenters. The fourth-order valence-corrected chi connectivity index (χ4v) is 2.51. The van der Waals surface area contributed by atoms with Gasteiger partial charge in [-0.2, -0.15) is 0 Å². The van der Waals surface area contributed by atoms with E-state index in [9.17, 15) is 9.18 Å². The van der Waals surface area contributed by atoms with Crippen LogP contribution in [0.4, 0.5) is 4.39 Å². The van der Waals surface area contributed by atoms with Crippen molar-refractivity contribution in [3.63, 3.8) is 0 Å². The number of nitrogens with zero attached hydrogens (tertiary/aromatic N) is 2. The molecular weight excluding hydrogens is 271 g/mol. The van der Waals surface area contributed by atoms with E-state index in [0.29, 0.717) is 24.5 Å². The number of aryl methyl sites for hydroxylation is 1. The lowest BCUT2D eigenvalue weighted by atomic mass is 10.2. The molecule has 2 aromatic rings. The Labute approximate surface area is 122 Å².